The molecule has 6 heteroatoms. The summed E-state index contributed by atoms with van der Waals surface area (Å²) in [7, 11) is -3.80. The molecule has 0 saturated carbocycles. The predicted octanol–water partition coefficient (Wildman–Crippen LogP) is 4.99. The highest BCUT2D eigenvalue weighted by molar-refractivity contribution is 7.92. The molecule has 3 rings (SSSR count). The van der Waals surface area contributed by atoms with Crippen LogP contribution in [0.25, 0.3) is 0 Å². The molecule has 3 aromatic rings. The fourth-order valence-electron chi connectivity index (χ4n) is 3.43. The van der Waals surface area contributed by atoms with Crippen LogP contribution in [-0.2, 0) is 10.0 Å². The summed E-state index contributed by atoms with van der Waals surface area (Å²) in [5.74, 6) is -0.326. The van der Waals surface area contributed by atoms with Gasteiger partial charge in [0.05, 0.1) is 22.2 Å². The van der Waals surface area contributed by atoms with E-state index in [4.69, 9.17) is 0 Å². The van der Waals surface area contributed by atoms with Gasteiger partial charge in [0.25, 0.3) is 15.9 Å². The van der Waals surface area contributed by atoms with Gasteiger partial charge in [-0.1, -0.05) is 61.0 Å². The van der Waals surface area contributed by atoms with Gasteiger partial charge in [-0.05, 0) is 55.7 Å². The largest absolute Gasteiger partial charge is 0.345 e. The molecule has 1 atom stereocenters. The fourth-order valence-corrected chi connectivity index (χ4v) is 4.53. The van der Waals surface area contributed by atoms with Crippen molar-refractivity contribution < 1.29 is 13.2 Å². The van der Waals surface area contributed by atoms with E-state index in [-0.39, 0.29) is 28.1 Å². The van der Waals surface area contributed by atoms with Crippen molar-refractivity contribution in [3.8, 4) is 0 Å². The van der Waals surface area contributed by atoms with Crippen molar-refractivity contribution in [2.75, 3.05) is 4.72 Å². The monoisotopic (exact) mass is 422 g/mol. The van der Waals surface area contributed by atoms with Gasteiger partial charge in [0.2, 0.25) is 0 Å². The SMILES string of the molecule is CCC(NC(=O)c1ccccc1NS(=O)(=O)c1ccccc1)c1ccc(C)cc1C. The molecule has 0 saturated heterocycles. The normalized spacial score (nSPS) is 12.2. The molecular weight excluding hydrogens is 396 g/mol. The van der Waals surface area contributed by atoms with E-state index >= 15 is 0 Å². The fraction of sp³-hybridized carbons (Fsp3) is 0.208. The zero-order valence-electron chi connectivity index (χ0n) is 17.3. The number of amides is 1. The van der Waals surface area contributed by atoms with Crippen LogP contribution in [0.3, 0.4) is 0 Å². The van der Waals surface area contributed by atoms with E-state index in [9.17, 15) is 13.2 Å². The highest BCUT2D eigenvalue weighted by atomic mass is 32.2. The number of aryl methyl sites for hydroxylation is 2. The van der Waals surface area contributed by atoms with Crippen molar-refractivity contribution in [2.45, 2.75) is 38.1 Å². The molecule has 0 fully saturated rings. The maximum Gasteiger partial charge on any atom is 0.261 e. The lowest BCUT2D eigenvalue weighted by molar-refractivity contribution is 0.0936. The maximum absolute atomic E-state index is 13.1. The van der Waals surface area contributed by atoms with Crippen LogP contribution >= 0.6 is 0 Å². The quantitative estimate of drug-likeness (QED) is 0.563. The Morgan fingerprint density at radius 2 is 1.60 bits per heavy atom. The molecule has 156 valence electrons. The Bertz CT molecular complexity index is 1140. The molecule has 0 aromatic heterocycles. The molecule has 5 nitrogen and oxygen atoms in total. The summed E-state index contributed by atoms with van der Waals surface area (Å²) in [6, 6.07) is 20.7. The number of nitrogens with one attached hydrogen (secondary N) is 2. The maximum atomic E-state index is 13.1. The van der Waals surface area contributed by atoms with Crippen LogP contribution in [0.2, 0.25) is 0 Å². The molecular formula is C24H26N2O3S. The number of para-hydroxylation sites is 1. The first-order chi connectivity index (χ1) is 14.3. The lowest BCUT2D eigenvalue weighted by atomic mass is 9.97. The molecule has 3 aromatic carbocycles. The third kappa shape index (κ3) is 4.89. The first kappa shape index (κ1) is 21.6. The molecule has 0 bridgehead atoms. The van der Waals surface area contributed by atoms with Crippen LogP contribution in [0.4, 0.5) is 5.69 Å². The summed E-state index contributed by atoms with van der Waals surface area (Å²) in [5, 5.41) is 3.05. The Morgan fingerprint density at radius 3 is 2.27 bits per heavy atom. The van der Waals surface area contributed by atoms with Crippen molar-refractivity contribution >= 4 is 21.6 Å². The number of carbonyl (C=O) groups is 1. The van der Waals surface area contributed by atoms with Crippen LogP contribution in [0.5, 0.6) is 0 Å². The molecule has 0 heterocycles. The molecule has 30 heavy (non-hydrogen) atoms. The van der Waals surface area contributed by atoms with Crippen LogP contribution in [0.15, 0.2) is 77.7 Å². The molecule has 0 aliphatic carbocycles. The standard InChI is InChI=1S/C24H26N2O3S/c1-4-22(20-15-14-17(2)16-18(20)3)25-24(27)21-12-8-9-13-23(21)26-30(28,29)19-10-6-5-7-11-19/h5-16,22,26H,4H2,1-3H3,(H,25,27). The van der Waals surface area contributed by atoms with Gasteiger partial charge in [-0.2, -0.15) is 0 Å². The van der Waals surface area contributed by atoms with Gasteiger partial charge in [-0.25, -0.2) is 8.42 Å². The smallest absolute Gasteiger partial charge is 0.261 e. The Morgan fingerprint density at radius 1 is 0.933 bits per heavy atom. The minimum atomic E-state index is -3.80. The van der Waals surface area contributed by atoms with Gasteiger partial charge in [-0.3, -0.25) is 9.52 Å². The first-order valence-electron chi connectivity index (χ1n) is 9.86. The van der Waals surface area contributed by atoms with Crippen molar-refractivity contribution in [3.05, 3.63) is 95.1 Å². The second-order valence-electron chi connectivity index (χ2n) is 7.26. The topological polar surface area (TPSA) is 75.3 Å². The van der Waals surface area contributed by atoms with E-state index in [1.807, 2.05) is 32.9 Å². The molecule has 2 N–H and O–H groups in total. The number of anilines is 1. The van der Waals surface area contributed by atoms with Gasteiger partial charge in [0.1, 0.15) is 0 Å². The van der Waals surface area contributed by atoms with Crippen molar-refractivity contribution in [3.63, 3.8) is 0 Å². The Hall–Kier alpha value is -3.12. The third-order valence-electron chi connectivity index (χ3n) is 4.98. The molecule has 1 unspecified atom stereocenters. The first-order valence-corrected chi connectivity index (χ1v) is 11.3. The second kappa shape index (κ2) is 9.13. The van der Waals surface area contributed by atoms with Gasteiger partial charge >= 0.3 is 0 Å². The summed E-state index contributed by atoms with van der Waals surface area (Å²) >= 11 is 0. The summed E-state index contributed by atoms with van der Waals surface area (Å²) in [6.45, 7) is 6.07. The number of sulfonamides is 1. The number of carbonyl (C=O) groups excluding carboxylic acids is 1. The van der Waals surface area contributed by atoms with Crippen LogP contribution < -0.4 is 10.0 Å². The lowest BCUT2D eigenvalue weighted by Gasteiger charge is -2.21. The molecule has 0 aliphatic heterocycles. The van der Waals surface area contributed by atoms with Gasteiger partial charge in [0, 0.05) is 0 Å². The lowest BCUT2D eigenvalue weighted by Crippen LogP contribution is -2.29. The number of hydrogen-bond acceptors (Lipinski definition) is 3. The minimum Gasteiger partial charge on any atom is -0.345 e. The minimum absolute atomic E-state index is 0.141. The highest BCUT2D eigenvalue weighted by Gasteiger charge is 2.21. The third-order valence-corrected chi connectivity index (χ3v) is 6.37. The average Bonchev–Trinajstić information content (AvgIpc) is 2.73. The zero-order chi connectivity index (χ0) is 21.7. The van der Waals surface area contributed by atoms with Crippen molar-refractivity contribution in [1.29, 1.82) is 0 Å². The summed E-state index contributed by atoms with van der Waals surface area (Å²) in [5.41, 5.74) is 3.85. The number of rotatable bonds is 7. The van der Waals surface area contributed by atoms with Crippen molar-refractivity contribution in [1.82, 2.24) is 5.32 Å². The van der Waals surface area contributed by atoms with Gasteiger partial charge in [-0.15, -0.1) is 0 Å². The number of hydrogen-bond donors (Lipinski definition) is 2. The second-order valence-corrected chi connectivity index (χ2v) is 8.94. The van der Waals surface area contributed by atoms with Crippen LogP contribution in [-0.4, -0.2) is 14.3 Å². The number of benzene rings is 3. The van der Waals surface area contributed by atoms with Crippen LogP contribution in [0, 0.1) is 13.8 Å². The average molecular weight is 423 g/mol. The Labute approximate surface area is 178 Å². The molecule has 0 spiro atoms. The summed E-state index contributed by atoms with van der Waals surface area (Å²) in [4.78, 5) is 13.2. The molecule has 0 aliphatic rings. The van der Waals surface area contributed by atoms with E-state index < -0.39 is 10.0 Å². The summed E-state index contributed by atoms with van der Waals surface area (Å²) < 4.78 is 28.0. The predicted molar refractivity (Wildman–Crippen MR) is 120 cm³/mol. The zero-order valence-corrected chi connectivity index (χ0v) is 18.2. The molecule has 1 amide bonds. The van der Waals surface area contributed by atoms with E-state index in [1.54, 1.807) is 42.5 Å². The Balaban J connectivity index is 1.86. The van der Waals surface area contributed by atoms with Crippen LogP contribution in [0.1, 0.15) is 46.4 Å². The van der Waals surface area contributed by atoms with E-state index in [0.29, 0.717) is 6.42 Å². The van der Waals surface area contributed by atoms with Gasteiger partial charge in [0.15, 0.2) is 0 Å². The van der Waals surface area contributed by atoms with E-state index in [0.717, 1.165) is 16.7 Å². The Kier molecular flexibility index (Phi) is 6.57. The highest BCUT2D eigenvalue weighted by Crippen LogP contribution is 2.24. The molecule has 0 radical (unpaired) electrons. The van der Waals surface area contributed by atoms with Gasteiger partial charge < -0.3 is 5.32 Å². The van der Waals surface area contributed by atoms with E-state index in [1.165, 1.54) is 12.1 Å². The van der Waals surface area contributed by atoms with Crippen molar-refractivity contribution in [2.24, 2.45) is 0 Å². The van der Waals surface area contributed by atoms with E-state index in [2.05, 4.69) is 16.1 Å². The summed E-state index contributed by atoms with van der Waals surface area (Å²) in [6.07, 6.45) is 0.716.